The van der Waals surface area contributed by atoms with E-state index in [4.69, 9.17) is 0 Å². The van der Waals surface area contributed by atoms with Crippen LogP contribution in [0, 0.1) is 0 Å². The van der Waals surface area contributed by atoms with Gasteiger partial charge in [0.1, 0.15) is 0 Å². The fourth-order valence-electron chi connectivity index (χ4n) is 2.87. The van der Waals surface area contributed by atoms with E-state index < -0.39 is 0 Å². The normalized spacial score (nSPS) is 15.9. The first kappa shape index (κ1) is 15.6. The van der Waals surface area contributed by atoms with Crippen LogP contribution in [0.25, 0.3) is 0 Å². The van der Waals surface area contributed by atoms with Crippen LogP contribution in [0.2, 0.25) is 0 Å². The molecule has 1 aromatic heterocycles. The zero-order valence-corrected chi connectivity index (χ0v) is 14.2. The van der Waals surface area contributed by atoms with Crippen LogP contribution in [-0.2, 0) is 4.79 Å². The molecule has 2 heterocycles. The van der Waals surface area contributed by atoms with Gasteiger partial charge in [0, 0.05) is 35.0 Å². The van der Waals surface area contributed by atoms with Gasteiger partial charge >= 0.3 is 0 Å². The van der Waals surface area contributed by atoms with Crippen LogP contribution >= 0.6 is 23.1 Å². The lowest BCUT2D eigenvalue weighted by atomic mass is 9.95. The lowest BCUT2D eigenvalue weighted by Gasteiger charge is -2.31. The molecule has 2 aromatic rings. The molecule has 1 fully saturated rings. The minimum atomic E-state index is 0.313. The first-order chi connectivity index (χ1) is 10.8. The third kappa shape index (κ3) is 4.14. The maximum Gasteiger partial charge on any atom is 0.223 e. The molecule has 22 heavy (non-hydrogen) atoms. The first-order valence-corrected chi connectivity index (χ1v) is 9.68. The Morgan fingerprint density at radius 1 is 1.14 bits per heavy atom. The third-order valence-corrected chi connectivity index (χ3v) is 6.17. The number of benzene rings is 1. The van der Waals surface area contributed by atoms with E-state index in [1.807, 2.05) is 29.5 Å². The van der Waals surface area contributed by atoms with Crippen molar-refractivity contribution in [3.63, 3.8) is 0 Å². The van der Waals surface area contributed by atoms with Gasteiger partial charge in [0.05, 0.1) is 0 Å². The Labute approximate surface area is 140 Å². The molecule has 116 valence electrons. The van der Waals surface area contributed by atoms with E-state index in [0.717, 1.165) is 31.7 Å². The number of nitrogens with zero attached hydrogens (tertiary/aromatic N) is 1. The van der Waals surface area contributed by atoms with Crippen molar-refractivity contribution < 1.29 is 4.79 Å². The van der Waals surface area contributed by atoms with Gasteiger partial charge in [-0.1, -0.05) is 24.3 Å². The molecular weight excluding hydrogens is 310 g/mol. The van der Waals surface area contributed by atoms with Gasteiger partial charge in [0.15, 0.2) is 0 Å². The Balaban J connectivity index is 1.40. The Kier molecular flexibility index (Phi) is 5.57. The molecule has 0 unspecified atom stereocenters. The molecule has 1 saturated heterocycles. The van der Waals surface area contributed by atoms with Gasteiger partial charge in [-0.15, -0.1) is 23.1 Å². The largest absolute Gasteiger partial charge is 0.343 e. The molecule has 0 aliphatic carbocycles. The number of piperidine rings is 1. The minimum Gasteiger partial charge on any atom is -0.343 e. The zero-order valence-electron chi connectivity index (χ0n) is 12.6. The highest BCUT2D eigenvalue weighted by atomic mass is 32.2. The van der Waals surface area contributed by atoms with E-state index in [0.29, 0.717) is 18.2 Å². The molecule has 0 N–H and O–H groups in total. The fraction of sp³-hybridized carbons (Fsp3) is 0.389. The molecule has 0 saturated carbocycles. The Morgan fingerprint density at radius 3 is 2.59 bits per heavy atom. The fourth-order valence-corrected chi connectivity index (χ4v) is 4.63. The van der Waals surface area contributed by atoms with E-state index in [1.165, 1.54) is 9.77 Å². The summed E-state index contributed by atoms with van der Waals surface area (Å²) >= 11 is 3.61. The lowest BCUT2D eigenvalue weighted by molar-refractivity contribution is -0.131. The number of thioether (sulfide) groups is 1. The third-order valence-electron chi connectivity index (χ3n) is 4.12. The van der Waals surface area contributed by atoms with E-state index in [9.17, 15) is 4.79 Å². The Bertz CT molecular complexity index is 574. The molecule has 0 radical (unpaired) electrons. The SMILES string of the molecule is O=C(CCSc1ccccc1)N1CCC(c2cccs2)CC1. The predicted octanol–water partition coefficient (Wildman–Crippen LogP) is 4.64. The second-order valence-electron chi connectivity index (χ2n) is 5.58. The molecule has 0 spiro atoms. The smallest absolute Gasteiger partial charge is 0.223 e. The van der Waals surface area contributed by atoms with Crippen LogP contribution in [0.4, 0.5) is 0 Å². The maximum atomic E-state index is 12.3. The van der Waals surface area contributed by atoms with Crippen molar-refractivity contribution in [2.45, 2.75) is 30.1 Å². The van der Waals surface area contributed by atoms with E-state index >= 15 is 0 Å². The average molecular weight is 332 g/mol. The predicted molar refractivity (Wildman–Crippen MR) is 94.7 cm³/mol. The number of amides is 1. The van der Waals surface area contributed by atoms with Crippen molar-refractivity contribution in [3.05, 3.63) is 52.7 Å². The summed E-state index contributed by atoms with van der Waals surface area (Å²) < 4.78 is 0. The van der Waals surface area contributed by atoms with Gasteiger partial charge in [-0.25, -0.2) is 0 Å². The highest BCUT2D eigenvalue weighted by Gasteiger charge is 2.23. The number of thiophene rings is 1. The second-order valence-corrected chi connectivity index (χ2v) is 7.73. The van der Waals surface area contributed by atoms with Crippen molar-refractivity contribution in [1.29, 1.82) is 0 Å². The summed E-state index contributed by atoms with van der Waals surface area (Å²) in [4.78, 5) is 17.1. The Hall–Kier alpha value is -1.26. The number of likely N-dealkylation sites (tertiary alicyclic amines) is 1. The molecule has 1 aromatic carbocycles. The molecule has 1 aliphatic heterocycles. The zero-order chi connectivity index (χ0) is 15.2. The van der Waals surface area contributed by atoms with Crippen LogP contribution in [0.3, 0.4) is 0 Å². The summed E-state index contributed by atoms with van der Waals surface area (Å²) in [5.74, 6) is 1.84. The second kappa shape index (κ2) is 7.84. The van der Waals surface area contributed by atoms with Crippen molar-refractivity contribution >= 4 is 29.0 Å². The summed E-state index contributed by atoms with van der Waals surface area (Å²) in [5.41, 5.74) is 0. The van der Waals surface area contributed by atoms with E-state index in [-0.39, 0.29) is 0 Å². The monoisotopic (exact) mass is 331 g/mol. The lowest BCUT2D eigenvalue weighted by Crippen LogP contribution is -2.37. The maximum absolute atomic E-state index is 12.3. The molecule has 0 atom stereocenters. The number of hydrogen-bond donors (Lipinski definition) is 0. The number of hydrogen-bond acceptors (Lipinski definition) is 3. The van der Waals surface area contributed by atoms with Crippen LogP contribution in [0.1, 0.15) is 30.1 Å². The van der Waals surface area contributed by atoms with Crippen LogP contribution in [0.15, 0.2) is 52.7 Å². The van der Waals surface area contributed by atoms with Crippen molar-refractivity contribution in [2.24, 2.45) is 0 Å². The standard InChI is InChI=1S/C18H21NOS2/c20-18(10-14-21-16-5-2-1-3-6-16)19-11-8-15(9-12-19)17-7-4-13-22-17/h1-7,13,15H,8-12,14H2. The number of rotatable bonds is 5. The van der Waals surface area contributed by atoms with Gasteiger partial charge in [0.2, 0.25) is 5.91 Å². The molecule has 4 heteroatoms. The van der Waals surface area contributed by atoms with E-state index in [2.05, 4.69) is 34.5 Å². The van der Waals surface area contributed by atoms with Crippen LogP contribution in [-0.4, -0.2) is 29.6 Å². The Morgan fingerprint density at radius 2 is 1.91 bits per heavy atom. The van der Waals surface area contributed by atoms with Crippen LogP contribution in [0.5, 0.6) is 0 Å². The van der Waals surface area contributed by atoms with Gasteiger partial charge in [-0.2, -0.15) is 0 Å². The molecule has 0 bridgehead atoms. The molecule has 1 aliphatic rings. The van der Waals surface area contributed by atoms with Gasteiger partial charge in [-0.05, 0) is 42.3 Å². The summed E-state index contributed by atoms with van der Waals surface area (Å²) in [7, 11) is 0. The summed E-state index contributed by atoms with van der Waals surface area (Å²) in [5, 5.41) is 2.15. The summed E-state index contributed by atoms with van der Waals surface area (Å²) in [6.07, 6.45) is 2.86. The summed E-state index contributed by atoms with van der Waals surface area (Å²) in [6.45, 7) is 1.83. The molecular formula is C18H21NOS2. The minimum absolute atomic E-state index is 0.313. The molecule has 3 rings (SSSR count). The highest BCUT2D eigenvalue weighted by molar-refractivity contribution is 7.99. The van der Waals surface area contributed by atoms with Gasteiger partial charge in [-0.3, -0.25) is 4.79 Å². The van der Waals surface area contributed by atoms with Gasteiger partial charge < -0.3 is 4.90 Å². The number of carbonyl (C=O) groups excluding carboxylic acids is 1. The first-order valence-electron chi connectivity index (χ1n) is 7.82. The molecule has 1 amide bonds. The van der Waals surface area contributed by atoms with Crippen molar-refractivity contribution in [2.75, 3.05) is 18.8 Å². The van der Waals surface area contributed by atoms with Gasteiger partial charge in [0.25, 0.3) is 0 Å². The van der Waals surface area contributed by atoms with Crippen molar-refractivity contribution in [3.8, 4) is 0 Å². The summed E-state index contributed by atoms with van der Waals surface area (Å²) in [6, 6.07) is 14.6. The average Bonchev–Trinajstić information content (AvgIpc) is 3.10. The van der Waals surface area contributed by atoms with Crippen molar-refractivity contribution in [1.82, 2.24) is 4.90 Å². The topological polar surface area (TPSA) is 20.3 Å². The quantitative estimate of drug-likeness (QED) is 0.744. The highest BCUT2D eigenvalue weighted by Crippen LogP contribution is 2.31. The number of carbonyl (C=O) groups is 1. The van der Waals surface area contributed by atoms with E-state index in [1.54, 1.807) is 11.8 Å². The van der Waals surface area contributed by atoms with Crippen LogP contribution < -0.4 is 0 Å². The molecule has 2 nitrogen and oxygen atoms in total.